The minimum Gasteiger partial charge on any atom is -0.463 e. The van der Waals surface area contributed by atoms with Crippen molar-refractivity contribution in [3.05, 3.63) is 41.5 Å². The minimum atomic E-state index is -0.315. The Labute approximate surface area is 102 Å². The molecular formula is C14H18O3. The maximum Gasteiger partial charge on any atom is 0.330 e. The van der Waals surface area contributed by atoms with Gasteiger partial charge in [0.25, 0.3) is 0 Å². The second kappa shape index (κ2) is 7.63. The minimum absolute atomic E-state index is 0.0308. The van der Waals surface area contributed by atoms with Crippen LogP contribution in [0.15, 0.2) is 30.3 Å². The van der Waals surface area contributed by atoms with Crippen molar-refractivity contribution in [3.8, 4) is 0 Å². The van der Waals surface area contributed by atoms with Crippen LogP contribution in [0.5, 0.6) is 0 Å². The number of ether oxygens (including phenoxy) is 1. The van der Waals surface area contributed by atoms with Crippen molar-refractivity contribution >= 4 is 12.0 Å². The van der Waals surface area contributed by atoms with Crippen LogP contribution in [0.2, 0.25) is 0 Å². The van der Waals surface area contributed by atoms with Gasteiger partial charge in [-0.25, -0.2) is 4.79 Å². The number of hydrogen-bond acceptors (Lipinski definition) is 3. The third-order valence-electron chi connectivity index (χ3n) is 2.32. The number of carbonyl (C=O) groups is 1. The molecule has 0 amide bonds. The molecule has 0 saturated heterocycles. The quantitative estimate of drug-likeness (QED) is 0.467. The summed E-state index contributed by atoms with van der Waals surface area (Å²) >= 11 is 0. The monoisotopic (exact) mass is 234 g/mol. The molecule has 1 rings (SSSR count). The highest BCUT2D eigenvalue weighted by Crippen LogP contribution is 2.06. The normalized spacial score (nSPS) is 10.7. The van der Waals surface area contributed by atoms with E-state index < -0.39 is 0 Å². The maximum atomic E-state index is 11.3. The van der Waals surface area contributed by atoms with Gasteiger partial charge in [-0.05, 0) is 23.6 Å². The second-order valence-electron chi connectivity index (χ2n) is 3.75. The molecule has 0 saturated carbocycles. The molecule has 0 spiro atoms. The molecule has 0 aliphatic carbocycles. The first-order chi connectivity index (χ1) is 8.26. The zero-order valence-electron chi connectivity index (χ0n) is 10.1. The number of aliphatic hydroxyl groups is 1. The van der Waals surface area contributed by atoms with E-state index in [2.05, 4.69) is 0 Å². The van der Waals surface area contributed by atoms with Gasteiger partial charge in [0.05, 0.1) is 13.2 Å². The number of carbonyl (C=O) groups excluding carboxylic acids is 1. The van der Waals surface area contributed by atoms with E-state index in [1.807, 2.05) is 31.2 Å². The van der Waals surface area contributed by atoms with E-state index >= 15 is 0 Å². The fraction of sp³-hybridized carbons (Fsp3) is 0.357. The van der Waals surface area contributed by atoms with Crippen molar-refractivity contribution in [2.24, 2.45) is 0 Å². The lowest BCUT2D eigenvalue weighted by molar-refractivity contribution is -0.137. The Morgan fingerprint density at radius 1 is 1.35 bits per heavy atom. The third-order valence-corrected chi connectivity index (χ3v) is 2.32. The van der Waals surface area contributed by atoms with Crippen molar-refractivity contribution in [1.29, 1.82) is 0 Å². The third kappa shape index (κ3) is 5.31. The van der Waals surface area contributed by atoms with Gasteiger partial charge in [-0.3, -0.25) is 0 Å². The van der Waals surface area contributed by atoms with Gasteiger partial charge in [-0.2, -0.15) is 0 Å². The first-order valence-corrected chi connectivity index (χ1v) is 5.81. The highest BCUT2D eigenvalue weighted by atomic mass is 16.5. The first kappa shape index (κ1) is 13.5. The zero-order chi connectivity index (χ0) is 12.5. The number of aliphatic hydroxyl groups excluding tert-OH is 1. The topological polar surface area (TPSA) is 46.5 Å². The summed E-state index contributed by atoms with van der Waals surface area (Å²) in [5.41, 5.74) is 1.77. The molecule has 1 aromatic rings. The van der Waals surface area contributed by atoms with Crippen LogP contribution in [0.1, 0.15) is 30.9 Å². The molecule has 0 bridgehead atoms. The summed E-state index contributed by atoms with van der Waals surface area (Å²) in [4.78, 5) is 11.3. The standard InChI is InChI=1S/C14H18O3/c1-2-3-10-17-14(16)9-8-12-4-6-13(11-15)7-5-12/h4-9,15H,2-3,10-11H2,1H3/b9-8+. The average Bonchev–Trinajstić information content (AvgIpc) is 2.37. The van der Waals surface area contributed by atoms with Crippen molar-refractivity contribution in [2.75, 3.05) is 6.61 Å². The van der Waals surface area contributed by atoms with Gasteiger partial charge in [0.15, 0.2) is 0 Å². The zero-order valence-corrected chi connectivity index (χ0v) is 10.1. The number of benzene rings is 1. The predicted molar refractivity (Wildman–Crippen MR) is 67.3 cm³/mol. The molecule has 0 unspecified atom stereocenters. The van der Waals surface area contributed by atoms with E-state index in [1.165, 1.54) is 6.08 Å². The summed E-state index contributed by atoms with van der Waals surface area (Å²) in [6.07, 6.45) is 5.03. The van der Waals surface area contributed by atoms with Gasteiger partial charge < -0.3 is 9.84 Å². The summed E-state index contributed by atoms with van der Waals surface area (Å²) in [6.45, 7) is 2.55. The van der Waals surface area contributed by atoms with Crippen LogP contribution in [0.25, 0.3) is 6.08 Å². The van der Waals surface area contributed by atoms with Crippen molar-refractivity contribution in [2.45, 2.75) is 26.4 Å². The van der Waals surface area contributed by atoms with Crippen molar-refractivity contribution in [1.82, 2.24) is 0 Å². The van der Waals surface area contributed by atoms with Crippen LogP contribution in [0.4, 0.5) is 0 Å². The lowest BCUT2D eigenvalue weighted by Crippen LogP contribution is -2.01. The van der Waals surface area contributed by atoms with Crippen LogP contribution in [0.3, 0.4) is 0 Å². The number of hydrogen-bond donors (Lipinski definition) is 1. The molecule has 92 valence electrons. The van der Waals surface area contributed by atoms with E-state index in [-0.39, 0.29) is 12.6 Å². The van der Waals surface area contributed by atoms with Gasteiger partial charge >= 0.3 is 5.97 Å². The Balaban J connectivity index is 2.43. The summed E-state index contributed by atoms with van der Waals surface area (Å²) < 4.78 is 4.98. The van der Waals surface area contributed by atoms with Crippen molar-refractivity contribution in [3.63, 3.8) is 0 Å². The van der Waals surface area contributed by atoms with Crippen LogP contribution in [0, 0.1) is 0 Å². The van der Waals surface area contributed by atoms with E-state index in [0.717, 1.165) is 24.0 Å². The molecule has 0 fully saturated rings. The Hall–Kier alpha value is -1.61. The smallest absolute Gasteiger partial charge is 0.330 e. The van der Waals surface area contributed by atoms with E-state index in [4.69, 9.17) is 9.84 Å². The largest absolute Gasteiger partial charge is 0.463 e. The molecule has 3 heteroatoms. The Bertz CT molecular complexity index is 366. The second-order valence-corrected chi connectivity index (χ2v) is 3.75. The Morgan fingerprint density at radius 2 is 2.06 bits per heavy atom. The van der Waals surface area contributed by atoms with Gasteiger partial charge in [0.2, 0.25) is 0 Å². The van der Waals surface area contributed by atoms with Crippen LogP contribution < -0.4 is 0 Å². The molecule has 17 heavy (non-hydrogen) atoms. The predicted octanol–water partition coefficient (Wildman–Crippen LogP) is 2.54. The number of unbranched alkanes of at least 4 members (excludes halogenated alkanes) is 1. The molecule has 1 N–H and O–H groups in total. The highest BCUT2D eigenvalue weighted by molar-refractivity contribution is 5.87. The van der Waals surface area contributed by atoms with Crippen LogP contribution in [-0.2, 0) is 16.1 Å². The molecule has 0 heterocycles. The van der Waals surface area contributed by atoms with Crippen LogP contribution in [-0.4, -0.2) is 17.7 Å². The highest BCUT2D eigenvalue weighted by Gasteiger charge is 1.96. The van der Waals surface area contributed by atoms with Gasteiger partial charge in [0, 0.05) is 6.08 Å². The van der Waals surface area contributed by atoms with Gasteiger partial charge in [-0.1, -0.05) is 37.6 Å². The summed E-state index contributed by atoms with van der Waals surface area (Å²) in [5.74, 6) is -0.315. The molecular weight excluding hydrogens is 216 g/mol. The molecule has 0 atom stereocenters. The van der Waals surface area contributed by atoms with Crippen LogP contribution >= 0.6 is 0 Å². The fourth-order valence-electron chi connectivity index (χ4n) is 1.26. The maximum absolute atomic E-state index is 11.3. The van der Waals surface area contributed by atoms with Gasteiger partial charge in [0.1, 0.15) is 0 Å². The molecule has 0 aliphatic heterocycles. The Kier molecular flexibility index (Phi) is 6.04. The summed E-state index contributed by atoms with van der Waals surface area (Å²) in [6, 6.07) is 7.34. The molecule has 3 nitrogen and oxygen atoms in total. The molecule has 0 aromatic heterocycles. The van der Waals surface area contributed by atoms with Crippen molar-refractivity contribution < 1.29 is 14.6 Å². The lowest BCUT2D eigenvalue weighted by atomic mass is 10.1. The number of rotatable bonds is 6. The van der Waals surface area contributed by atoms with Gasteiger partial charge in [-0.15, -0.1) is 0 Å². The summed E-state index contributed by atoms with van der Waals surface area (Å²) in [7, 11) is 0. The SMILES string of the molecule is CCCCOC(=O)/C=C/c1ccc(CO)cc1. The molecule has 0 aliphatic rings. The first-order valence-electron chi connectivity index (χ1n) is 5.81. The van der Waals surface area contributed by atoms with E-state index in [0.29, 0.717) is 6.61 Å². The number of esters is 1. The lowest BCUT2D eigenvalue weighted by Gasteiger charge is -1.99. The fourth-order valence-corrected chi connectivity index (χ4v) is 1.26. The Morgan fingerprint density at radius 3 is 2.65 bits per heavy atom. The van der Waals surface area contributed by atoms with E-state index in [9.17, 15) is 4.79 Å². The van der Waals surface area contributed by atoms with E-state index in [1.54, 1.807) is 6.08 Å². The molecule has 1 aromatic carbocycles. The molecule has 0 radical (unpaired) electrons. The summed E-state index contributed by atoms with van der Waals surface area (Å²) in [5, 5.41) is 8.87. The average molecular weight is 234 g/mol.